The lowest BCUT2D eigenvalue weighted by atomic mass is 9.87. The van der Waals surface area contributed by atoms with E-state index in [-0.39, 0.29) is 5.91 Å². The fourth-order valence-corrected chi connectivity index (χ4v) is 4.05. The zero-order valence-electron chi connectivity index (χ0n) is 13.5. The maximum atomic E-state index is 12.0. The number of rotatable bonds is 6. The Morgan fingerprint density at radius 3 is 2.74 bits per heavy atom. The van der Waals surface area contributed by atoms with Gasteiger partial charge < -0.3 is 5.32 Å². The van der Waals surface area contributed by atoms with Crippen LogP contribution in [0, 0.1) is 5.92 Å². The molecule has 0 saturated heterocycles. The summed E-state index contributed by atoms with van der Waals surface area (Å²) >= 11 is 1.67. The Bertz CT molecular complexity index is 617. The molecule has 3 nitrogen and oxygen atoms in total. The van der Waals surface area contributed by atoms with Gasteiger partial charge in [0.1, 0.15) is 5.01 Å². The second-order valence-corrected chi connectivity index (χ2v) is 7.18. The van der Waals surface area contributed by atoms with E-state index in [1.54, 1.807) is 11.3 Å². The van der Waals surface area contributed by atoms with Gasteiger partial charge in [-0.3, -0.25) is 4.79 Å². The molecule has 23 heavy (non-hydrogen) atoms. The number of nitrogens with one attached hydrogen (secondary N) is 1. The van der Waals surface area contributed by atoms with Crippen LogP contribution in [0.1, 0.15) is 44.2 Å². The van der Waals surface area contributed by atoms with Crippen molar-refractivity contribution in [2.24, 2.45) is 5.92 Å². The van der Waals surface area contributed by atoms with E-state index in [2.05, 4.69) is 27.8 Å². The van der Waals surface area contributed by atoms with Crippen molar-refractivity contribution in [2.75, 3.05) is 6.54 Å². The zero-order chi connectivity index (χ0) is 15.9. The van der Waals surface area contributed by atoms with Gasteiger partial charge in [-0.05, 0) is 18.8 Å². The van der Waals surface area contributed by atoms with E-state index < -0.39 is 0 Å². The average molecular weight is 328 g/mol. The van der Waals surface area contributed by atoms with Crippen LogP contribution < -0.4 is 5.32 Å². The topological polar surface area (TPSA) is 42.0 Å². The number of benzene rings is 1. The molecule has 0 atom stereocenters. The third-order valence-corrected chi connectivity index (χ3v) is 5.41. The lowest BCUT2D eigenvalue weighted by molar-refractivity contribution is -0.122. The van der Waals surface area contributed by atoms with E-state index in [9.17, 15) is 4.79 Å². The van der Waals surface area contributed by atoms with Crippen LogP contribution in [0.15, 0.2) is 35.7 Å². The fourth-order valence-electron chi connectivity index (χ4n) is 3.19. The van der Waals surface area contributed by atoms with Crippen LogP contribution >= 0.6 is 11.3 Å². The number of hydrogen-bond acceptors (Lipinski definition) is 3. The van der Waals surface area contributed by atoms with Gasteiger partial charge in [-0.25, -0.2) is 4.98 Å². The Kier molecular flexibility index (Phi) is 5.81. The summed E-state index contributed by atoms with van der Waals surface area (Å²) in [4.78, 5) is 16.7. The van der Waals surface area contributed by atoms with Crippen LogP contribution in [0.25, 0.3) is 10.6 Å². The fraction of sp³-hybridized carbons (Fsp3) is 0.474. The molecule has 1 aliphatic rings. The normalized spacial score (nSPS) is 15.5. The number of carbonyl (C=O) groups is 1. The summed E-state index contributed by atoms with van der Waals surface area (Å²) < 4.78 is 0. The zero-order valence-corrected chi connectivity index (χ0v) is 14.3. The second kappa shape index (κ2) is 8.25. The highest BCUT2D eigenvalue weighted by molar-refractivity contribution is 7.13. The molecule has 0 spiro atoms. The van der Waals surface area contributed by atoms with Gasteiger partial charge in [-0.2, -0.15) is 0 Å². The summed E-state index contributed by atoms with van der Waals surface area (Å²) in [7, 11) is 0. The number of aromatic nitrogens is 1. The van der Waals surface area contributed by atoms with Crippen molar-refractivity contribution in [1.29, 1.82) is 0 Å². The molecule has 1 saturated carbocycles. The number of thiazole rings is 1. The molecule has 0 unspecified atom stereocenters. The summed E-state index contributed by atoms with van der Waals surface area (Å²) in [5, 5.41) is 6.20. The molecule has 0 bridgehead atoms. The number of carbonyl (C=O) groups excluding carboxylic acids is 1. The van der Waals surface area contributed by atoms with Gasteiger partial charge in [-0.15, -0.1) is 11.3 Å². The van der Waals surface area contributed by atoms with Crippen molar-refractivity contribution < 1.29 is 4.79 Å². The molecule has 1 fully saturated rings. The van der Waals surface area contributed by atoms with Gasteiger partial charge in [0.05, 0.1) is 5.69 Å². The highest BCUT2D eigenvalue weighted by atomic mass is 32.1. The van der Waals surface area contributed by atoms with Crippen molar-refractivity contribution in [1.82, 2.24) is 10.3 Å². The quantitative estimate of drug-likeness (QED) is 0.852. The molecule has 1 aromatic carbocycles. The predicted molar refractivity (Wildman–Crippen MR) is 95.5 cm³/mol. The lowest BCUT2D eigenvalue weighted by Crippen LogP contribution is -2.28. The third kappa shape index (κ3) is 4.90. The molecule has 0 aliphatic heterocycles. The van der Waals surface area contributed by atoms with Crippen molar-refractivity contribution in [3.05, 3.63) is 41.4 Å². The summed E-state index contributed by atoms with van der Waals surface area (Å²) in [6.45, 7) is 0.684. The van der Waals surface area contributed by atoms with Gasteiger partial charge in [0.2, 0.25) is 5.91 Å². The SMILES string of the molecule is O=C(CC1CCCCC1)NCCc1csc(-c2ccccc2)n1. The molecule has 1 amide bonds. The first-order valence-electron chi connectivity index (χ1n) is 8.58. The number of nitrogens with zero attached hydrogens (tertiary/aromatic N) is 1. The van der Waals surface area contributed by atoms with Crippen molar-refractivity contribution >= 4 is 17.2 Å². The minimum atomic E-state index is 0.204. The molecule has 1 N–H and O–H groups in total. The maximum Gasteiger partial charge on any atom is 0.220 e. The van der Waals surface area contributed by atoms with Crippen LogP contribution in [0.2, 0.25) is 0 Å². The smallest absolute Gasteiger partial charge is 0.220 e. The molecule has 4 heteroatoms. The third-order valence-electron chi connectivity index (χ3n) is 4.47. The molecule has 2 aromatic rings. The van der Waals surface area contributed by atoms with E-state index in [0.717, 1.165) is 22.7 Å². The van der Waals surface area contributed by atoms with Gasteiger partial charge in [-0.1, -0.05) is 49.6 Å². The summed E-state index contributed by atoms with van der Waals surface area (Å²) in [6.07, 6.45) is 7.87. The van der Waals surface area contributed by atoms with Crippen molar-refractivity contribution in [2.45, 2.75) is 44.9 Å². The van der Waals surface area contributed by atoms with E-state index >= 15 is 0 Å². The Hall–Kier alpha value is -1.68. The molecule has 1 aliphatic carbocycles. The van der Waals surface area contributed by atoms with Gasteiger partial charge in [0.15, 0.2) is 0 Å². The first-order chi connectivity index (χ1) is 11.3. The molecular formula is C19H24N2OS. The standard InChI is InChI=1S/C19H24N2OS/c22-18(13-15-7-3-1-4-8-15)20-12-11-17-14-23-19(21-17)16-9-5-2-6-10-16/h2,5-6,9-10,14-15H,1,3-4,7-8,11-13H2,(H,20,22). The van der Waals surface area contributed by atoms with Crippen LogP contribution in [0.3, 0.4) is 0 Å². The van der Waals surface area contributed by atoms with E-state index in [1.165, 1.54) is 32.1 Å². The minimum Gasteiger partial charge on any atom is -0.356 e. The Morgan fingerprint density at radius 2 is 1.96 bits per heavy atom. The molecule has 1 aromatic heterocycles. The average Bonchev–Trinajstić information content (AvgIpc) is 3.05. The highest BCUT2D eigenvalue weighted by Crippen LogP contribution is 2.26. The van der Waals surface area contributed by atoms with Crippen LogP contribution in [-0.2, 0) is 11.2 Å². The first kappa shape index (κ1) is 16.2. The molecular weight excluding hydrogens is 304 g/mol. The van der Waals surface area contributed by atoms with Gasteiger partial charge in [0, 0.05) is 30.3 Å². The minimum absolute atomic E-state index is 0.204. The van der Waals surface area contributed by atoms with Gasteiger partial charge >= 0.3 is 0 Å². The number of hydrogen-bond donors (Lipinski definition) is 1. The number of amides is 1. The molecule has 0 radical (unpaired) electrons. The van der Waals surface area contributed by atoms with Crippen LogP contribution in [-0.4, -0.2) is 17.4 Å². The lowest BCUT2D eigenvalue weighted by Gasteiger charge is -2.20. The predicted octanol–water partition coefficient (Wildman–Crippen LogP) is 4.44. The van der Waals surface area contributed by atoms with E-state index in [0.29, 0.717) is 18.9 Å². The van der Waals surface area contributed by atoms with Crippen LogP contribution in [0.5, 0.6) is 0 Å². The summed E-state index contributed by atoms with van der Waals surface area (Å²) in [5.74, 6) is 0.808. The largest absolute Gasteiger partial charge is 0.356 e. The monoisotopic (exact) mass is 328 g/mol. The summed E-state index contributed by atoms with van der Waals surface area (Å²) in [6, 6.07) is 10.2. The second-order valence-electron chi connectivity index (χ2n) is 6.32. The summed E-state index contributed by atoms with van der Waals surface area (Å²) in [5.41, 5.74) is 2.22. The molecule has 1 heterocycles. The molecule has 122 valence electrons. The molecule has 3 rings (SSSR count). The van der Waals surface area contributed by atoms with E-state index in [4.69, 9.17) is 0 Å². The van der Waals surface area contributed by atoms with Crippen molar-refractivity contribution in [3.8, 4) is 10.6 Å². The highest BCUT2D eigenvalue weighted by Gasteiger charge is 2.16. The Morgan fingerprint density at radius 1 is 1.17 bits per heavy atom. The maximum absolute atomic E-state index is 12.0. The Balaban J connectivity index is 1.42. The van der Waals surface area contributed by atoms with Crippen LogP contribution in [0.4, 0.5) is 0 Å². The van der Waals surface area contributed by atoms with Gasteiger partial charge in [0.25, 0.3) is 0 Å². The van der Waals surface area contributed by atoms with Crippen molar-refractivity contribution in [3.63, 3.8) is 0 Å². The van der Waals surface area contributed by atoms with E-state index in [1.807, 2.05) is 18.2 Å². The Labute approximate surface area is 142 Å². The first-order valence-corrected chi connectivity index (χ1v) is 9.46.